The fourth-order valence-electron chi connectivity index (χ4n) is 4.26. The van der Waals surface area contributed by atoms with Crippen LogP contribution in [-0.4, -0.2) is 44.4 Å². The van der Waals surface area contributed by atoms with E-state index in [1.165, 1.54) is 37.0 Å². The van der Waals surface area contributed by atoms with Gasteiger partial charge in [0, 0.05) is 48.7 Å². The fourth-order valence-corrected chi connectivity index (χ4v) is 4.99. The highest BCUT2D eigenvalue weighted by molar-refractivity contribution is 7.13. The number of anilines is 1. The molecule has 1 aliphatic rings. The van der Waals surface area contributed by atoms with Gasteiger partial charge in [0.05, 0.1) is 10.4 Å². The van der Waals surface area contributed by atoms with Gasteiger partial charge >= 0.3 is 0 Å². The number of aromatic nitrogens is 3. The SMILES string of the molecule is CC(C(=O)NC1CCC(F)(F)CC1)(c1cncnc1)N(C(=O)[C@H](F)Cl)c1ccc(-c2cncs2)cc1. The topological polar surface area (TPSA) is 88.1 Å². The number of thiazole rings is 1. The molecule has 0 bridgehead atoms. The van der Waals surface area contributed by atoms with E-state index in [1.54, 1.807) is 36.0 Å². The van der Waals surface area contributed by atoms with Gasteiger partial charge in [-0.1, -0.05) is 23.7 Å². The maximum absolute atomic E-state index is 14.3. The van der Waals surface area contributed by atoms with Gasteiger partial charge < -0.3 is 5.32 Å². The first-order valence-corrected chi connectivity index (χ1v) is 12.5. The smallest absolute Gasteiger partial charge is 0.278 e. The first-order valence-electron chi connectivity index (χ1n) is 11.2. The van der Waals surface area contributed by atoms with Crippen molar-refractivity contribution >= 4 is 40.4 Å². The molecule has 2 aromatic heterocycles. The van der Waals surface area contributed by atoms with Crippen molar-refractivity contribution in [3.05, 3.63) is 60.3 Å². The van der Waals surface area contributed by atoms with E-state index in [1.807, 2.05) is 0 Å². The molecule has 12 heteroatoms. The molecule has 1 aliphatic carbocycles. The molecule has 2 atom stereocenters. The van der Waals surface area contributed by atoms with Crippen LogP contribution in [0.4, 0.5) is 18.9 Å². The molecule has 1 fully saturated rings. The molecule has 0 saturated heterocycles. The van der Waals surface area contributed by atoms with Crippen LogP contribution in [0.2, 0.25) is 0 Å². The molecular formula is C24H23ClF3N5O2S. The van der Waals surface area contributed by atoms with Gasteiger partial charge in [-0.3, -0.25) is 19.5 Å². The maximum Gasteiger partial charge on any atom is 0.278 e. The summed E-state index contributed by atoms with van der Waals surface area (Å²) in [6.07, 6.45) is 5.03. The van der Waals surface area contributed by atoms with Crippen LogP contribution in [-0.2, 0) is 15.1 Å². The molecule has 7 nitrogen and oxygen atoms in total. The van der Waals surface area contributed by atoms with Crippen LogP contribution < -0.4 is 10.2 Å². The van der Waals surface area contributed by atoms with Crippen molar-refractivity contribution in [1.82, 2.24) is 20.3 Å². The fraction of sp³-hybridized carbons (Fsp3) is 0.375. The maximum atomic E-state index is 14.3. The normalized spacial score (nSPS) is 18.1. The summed E-state index contributed by atoms with van der Waals surface area (Å²) >= 11 is 7.02. The first kappa shape index (κ1) is 26.0. The zero-order valence-corrected chi connectivity index (χ0v) is 20.8. The zero-order chi connectivity index (χ0) is 25.9. The third kappa shape index (κ3) is 5.36. The predicted molar refractivity (Wildman–Crippen MR) is 131 cm³/mol. The van der Waals surface area contributed by atoms with Gasteiger partial charge in [-0.2, -0.15) is 0 Å². The third-order valence-corrected chi connectivity index (χ3v) is 7.32. The highest BCUT2D eigenvalue weighted by atomic mass is 35.5. The van der Waals surface area contributed by atoms with Crippen LogP contribution in [0.5, 0.6) is 0 Å². The molecule has 4 rings (SSSR count). The second-order valence-electron chi connectivity index (χ2n) is 8.69. The molecule has 1 saturated carbocycles. The first-order chi connectivity index (χ1) is 17.1. The summed E-state index contributed by atoms with van der Waals surface area (Å²) in [5.74, 6) is -4.64. The van der Waals surface area contributed by atoms with Crippen LogP contribution in [0.15, 0.2) is 54.7 Å². The Balaban J connectivity index is 1.75. The lowest BCUT2D eigenvalue weighted by Crippen LogP contribution is -2.60. The van der Waals surface area contributed by atoms with Gasteiger partial charge in [0.15, 0.2) is 5.54 Å². The summed E-state index contributed by atoms with van der Waals surface area (Å²) in [6.45, 7) is 1.42. The highest BCUT2D eigenvalue weighted by Crippen LogP contribution is 2.38. The Morgan fingerprint density at radius 2 is 1.78 bits per heavy atom. The van der Waals surface area contributed by atoms with Gasteiger partial charge in [0.2, 0.25) is 5.92 Å². The van der Waals surface area contributed by atoms with E-state index in [2.05, 4.69) is 20.3 Å². The average Bonchev–Trinajstić information content (AvgIpc) is 3.41. The number of amides is 2. The molecule has 0 spiro atoms. The number of halogens is 4. The molecule has 2 amide bonds. The quantitative estimate of drug-likeness (QED) is 0.425. The van der Waals surface area contributed by atoms with E-state index in [4.69, 9.17) is 11.6 Å². The standard InChI is InChI=1S/C24H23ClF3N5O2S/c1-23(16-10-29-13-30-11-16,22(35)32-17-6-8-24(27,28)9-7-17)33(21(34)20(25)26)18-4-2-15(3-5-18)19-12-31-14-36-19/h2-5,10-14,17,20H,6-9H2,1H3,(H,32,35)/t20-,23?/m0/s1. The van der Waals surface area contributed by atoms with Gasteiger partial charge in [0.25, 0.3) is 17.4 Å². The minimum atomic E-state index is -2.78. The lowest BCUT2D eigenvalue weighted by molar-refractivity contribution is -0.132. The van der Waals surface area contributed by atoms with Crippen LogP contribution >= 0.6 is 22.9 Å². The molecular weight excluding hydrogens is 515 g/mol. The van der Waals surface area contributed by atoms with Crippen molar-refractivity contribution in [2.24, 2.45) is 0 Å². The molecule has 36 heavy (non-hydrogen) atoms. The number of carbonyl (C=O) groups is 2. The van der Waals surface area contributed by atoms with Gasteiger partial charge in [0.1, 0.15) is 6.33 Å². The van der Waals surface area contributed by atoms with Gasteiger partial charge in [-0.25, -0.2) is 23.1 Å². The number of nitrogens with one attached hydrogen (secondary N) is 1. The van der Waals surface area contributed by atoms with Gasteiger partial charge in [-0.15, -0.1) is 11.3 Å². The highest BCUT2D eigenvalue weighted by Gasteiger charge is 2.48. The predicted octanol–water partition coefficient (Wildman–Crippen LogP) is 5.08. The summed E-state index contributed by atoms with van der Waals surface area (Å²) in [6, 6.07) is 6.04. The van der Waals surface area contributed by atoms with Crippen molar-refractivity contribution in [2.75, 3.05) is 4.90 Å². The molecule has 3 aromatic rings. The summed E-state index contributed by atoms with van der Waals surface area (Å²) < 4.78 is 41.6. The summed E-state index contributed by atoms with van der Waals surface area (Å²) in [4.78, 5) is 40.7. The summed E-state index contributed by atoms with van der Waals surface area (Å²) in [7, 11) is 0. The van der Waals surface area contributed by atoms with Crippen LogP contribution in [0.25, 0.3) is 10.4 Å². The minimum Gasteiger partial charge on any atom is -0.351 e. The number of hydrogen-bond donors (Lipinski definition) is 1. The number of nitrogens with zero attached hydrogens (tertiary/aromatic N) is 4. The lowest BCUT2D eigenvalue weighted by Gasteiger charge is -2.41. The number of carbonyl (C=O) groups excluding carboxylic acids is 2. The second-order valence-corrected chi connectivity index (χ2v) is 9.96. The largest absolute Gasteiger partial charge is 0.351 e. The van der Waals surface area contributed by atoms with Crippen molar-refractivity contribution in [3.8, 4) is 10.4 Å². The average molecular weight is 538 g/mol. The molecule has 0 radical (unpaired) electrons. The molecule has 1 unspecified atom stereocenters. The third-order valence-electron chi connectivity index (χ3n) is 6.31. The van der Waals surface area contributed by atoms with E-state index >= 15 is 0 Å². The van der Waals surface area contributed by atoms with Crippen molar-refractivity contribution in [2.45, 2.75) is 55.7 Å². The van der Waals surface area contributed by atoms with E-state index in [-0.39, 0.29) is 36.9 Å². The van der Waals surface area contributed by atoms with E-state index in [0.29, 0.717) is 0 Å². The Morgan fingerprint density at radius 3 is 2.33 bits per heavy atom. The summed E-state index contributed by atoms with van der Waals surface area (Å²) in [5, 5.41) is 2.78. The monoisotopic (exact) mass is 537 g/mol. The Hall–Kier alpha value is -3.05. The van der Waals surface area contributed by atoms with E-state index < -0.39 is 34.9 Å². The molecule has 0 aliphatic heterocycles. The molecule has 1 aromatic carbocycles. The van der Waals surface area contributed by atoms with Gasteiger partial charge in [-0.05, 0) is 37.5 Å². The van der Waals surface area contributed by atoms with Crippen molar-refractivity contribution in [3.63, 3.8) is 0 Å². The lowest BCUT2D eigenvalue weighted by atomic mass is 9.87. The Morgan fingerprint density at radius 1 is 1.14 bits per heavy atom. The Kier molecular flexibility index (Phi) is 7.60. The molecule has 2 heterocycles. The molecule has 190 valence electrons. The van der Waals surface area contributed by atoms with Crippen molar-refractivity contribution < 1.29 is 22.8 Å². The number of alkyl halides is 4. The van der Waals surface area contributed by atoms with E-state index in [9.17, 15) is 22.8 Å². The Labute approximate surface area is 214 Å². The van der Waals surface area contributed by atoms with Crippen LogP contribution in [0, 0.1) is 0 Å². The molecule has 1 N–H and O–H groups in total. The summed E-state index contributed by atoms with van der Waals surface area (Å²) in [5.41, 5.74) is -1.40. The number of hydrogen-bond acceptors (Lipinski definition) is 6. The number of benzene rings is 1. The minimum absolute atomic E-state index is 0.0683. The second kappa shape index (κ2) is 10.5. The zero-order valence-electron chi connectivity index (χ0n) is 19.2. The van der Waals surface area contributed by atoms with Crippen molar-refractivity contribution in [1.29, 1.82) is 0 Å². The van der Waals surface area contributed by atoms with Crippen LogP contribution in [0.1, 0.15) is 38.2 Å². The van der Waals surface area contributed by atoms with Crippen LogP contribution in [0.3, 0.4) is 0 Å². The number of rotatable bonds is 7. The Bertz CT molecular complexity index is 1190. The van der Waals surface area contributed by atoms with E-state index in [0.717, 1.165) is 15.3 Å².